The number of carboxylic acids is 1. The molecule has 0 bridgehead atoms. The van der Waals surface area contributed by atoms with Crippen molar-refractivity contribution in [3.8, 4) is 0 Å². The van der Waals surface area contributed by atoms with Crippen LogP contribution in [0.15, 0.2) is 6.07 Å². The van der Waals surface area contributed by atoms with E-state index in [4.69, 9.17) is 5.11 Å². The highest BCUT2D eigenvalue weighted by Crippen LogP contribution is 2.27. The quantitative estimate of drug-likeness (QED) is 0.905. The van der Waals surface area contributed by atoms with Crippen LogP contribution in [0.2, 0.25) is 0 Å². The van der Waals surface area contributed by atoms with E-state index in [0.717, 1.165) is 0 Å². The maximum absolute atomic E-state index is 12.5. The molecular formula is C10H9F3N4O2. The number of hydrogen-bond donors (Lipinski definition) is 1. The minimum absolute atomic E-state index is 0.144. The Morgan fingerprint density at radius 2 is 2.00 bits per heavy atom. The number of alkyl halides is 3. The Labute approximate surface area is 104 Å². The van der Waals surface area contributed by atoms with Crippen LogP contribution < -0.4 is 0 Å². The maximum atomic E-state index is 12.5. The van der Waals surface area contributed by atoms with Crippen LogP contribution in [-0.2, 0) is 6.18 Å². The number of aromatic carboxylic acids is 1. The molecule has 9 heteroatoms. The Bertz CT molecular complexity index is 648. The van der Waals surface area contributed by atoms with Gasteiger partial charge in [-0.15, -0.1) is 5.10 Å². The van der Waals surface area contributed by atoms with E-state index >= 15 is 0 Å². The second-order valence-electron chi connectivity index (χ2n) is 4.17. The summed E-state index contributed by atoms with van der Waals surface area (Å²) in [5.74, 6) is -3.33. The van der Waals surface area contributed by atoms with Gasteiger partial charge < -0.3 is 5.11 Å². The van der Waals surface area contributed by atoms with Gasteiger partial charge in [0.15, 0.2) is 5.69 Å². The van der Waals surface area contributed by atoms with Gasteiger partial charge in [0.1, 0.15) is 0 Å². The van der Waals surface area contributed by atoms with Crippen molar-refractivity contribution in [3.05, 3.63) is 23.3 Å². The molecule has 2 heterocycles. The third-order valence-corrected chi connectivity index (χ3v) is 2.40. The predicted molar refractivity (Wildman–Crippen MR) is 56.8 cm³/mol. The first-order chi connectivity index (χ1) is 8.70. The first kappa shape index (κ1) is 13.2. The number of nitrogens with zero attached hydrogens (tertiary/aromatic N) is 4. The van der Waals surface area contributed by atoms with Gasteiger partial charge >= 0.3 is 12.1 Å². The van der Waals surface area contributed by atoms with Crippen molar-refractivity contribution in [2.45, 2.75) is 25.9 Å². The Morgan fingerprint density at radius 3 is 2.47 bits per heavy atom. The van der Waals surface area contributed by atoms with Gasteiger partial charge in [-0.05, 0) is 12.0 Å². The summed E-state index contributed by atoms with van der Waals surface area (Å²) in [7, 11) is 0. The Hall–Kier alpha value is -2.19. The average molecular weight is 274 g/mol. The maximum Gasteiger partial charge on any atom is 0.453 e. The van der Waals surface area contributed by atoms with E-state index in [0.29, 0.717) is 10.2 Å². The molecule has 19 heavy (non-hydrogen) atoms. The Morgan fingerprint density at radius 1 is 1.37 bits per heavy atom. The summed E-state index contributed by atoms with van der Waals surface area (Å²) in [6, 6.07) is 1.19. The van der Waals surface area contributed by atoms with Gasteiger partial charge in [-0.1, -0.05) is 13.8 Å². The third kappa shape index (κ3) is 2.35. The Kier molecular flexibility index (Phi) is 2.91. The molecule has 102 valence electrons. The number of fused-ring (bicyclic) bond motifs is 1. The number of rotatable bonds is 2. The van der Waals surface area contributed by atoms with E-state index < -0.39 is 23.7 Å². The molecule has 2 rings (SSSR count). The fraction of sp³-hybridized carbons (Fsp3) is 0.400. The number of hydrogen-bond acceptors (Lipinski definition) is 4. The van der Waals surface area contributed by atoms with Gasteiger partial charge in [0.25, 0.3) is 11.6 Å². The second kappa shape index (κ2) is 4.18. The lowest BCUT2D eigenvalue weighted by Gasteiger charge is -2.05. The molecule has 0 aliphatic heterocycles. The zero-order valence-electron chi connectivity index (χ0n) is 9.93. The van der Waals surface area contributed by atoms with E-state index in [1.165, 1.54) is 6.07 Å². The molecule has 0 aliphatic carbocycles. The molecule has 0 amide bonds. The van der Waals surface area contributed by atoms with Crippen LogP contribution >= 0.6 is 0 Å². The van der Waals surface area contributed by atoms with Crippen molar-refractivity contribution in [3.63, 3.8) is 0 Å². The van der Waals surface area contributed by atoms with Crippen molar-refractivity contribution in [2.75, 3.05) is 0 Å². The predicted octanol–water partition coefficient (Wildman–Crippen LogP) is 1.96. The van der Waals surface area contributed by atoms with Crippen LogP contribution in [0.1, 0.15) is 41.8 Å². The molecule has 1 N–H and O–H groups in total. The summed E-state index contributed by atoms with van der Waals surface area (Å²) in [4.78, 5) is 18.2. The van der Waals surface area contributed by atoms with E-state index in [1.54, 1.807) is 13.8 Å². The smallest absolute Gasteiger partial charge is 0.453 e. The van der Waals surface area contributed by atoms with Crippen LogP contribution in [0.25, 0.3) is 5.78 Å². The molecule has 0 radical (unpaired) electrons. The second-order valence-corrected chi connectivity index (χ2v) is 4.17. The average Bonchev–Trinajstić information content (AvgIpc) is 2.70. The van der Waals surface area contributed by atoms with Gasteiger partial charge in [-0.25, -0.2) is 9.78 Å². The van der Waals surface area contributed by atoms with Gasteiger partial charge in [0.05, 0.1) is 0 Å². The van der Waals surface area contributed by atoms with E-state index in [1.807, 2.05) is 0 Å². The van der Waals surface area contributed by atoms with Gasteiger partial charge in [-0.2, -0.15) is 22.7 Å². The molecule has 2 aromatic heterocycles. The fourth-order valence-electron chi connectivity index (χ4n) is 1.45. The van der Waals surface area contributed by atoms with Crippen molar-refractivity contribution in [1.29, 1.82) is 0 Å². The molecule has 0 atom stereocenters. The number of halogens is 3. The van der Waals surface area contributed by atoms with Crippen LogP contribution in [0.3, 0.4) is 0 Å². The summed E-state index contributed by atoms with van der Waals surface area (Å²) >= 11 is 0. The van der Waals surface area contributed by atoms with E-state index in [2.05, 4.69) is 15.1 Å². The monoisotopic (exact) mass is 274 g/mol. The largest absolute Gasteiger partial charge is 0.477 e. The van der Waals surface area contributed by atoms with Crippen LogP contribution in [0.4, 0.5) is 13.2 Å². The SMILES string of the molecule is CC(C)c1cc(C(=O)O)n2nc(C(F)(F)F)nc2n1. The third-order valence-electron chi connectivity index (χ3n) is 2.40. The minimum atomic E-state index is -4.75. The normalized spacial score (nSPS) is 12.3. The molecule has 0 unspecified atom stereocenters. The van der Waals surface area contributed by atoms with Crippen LogP contribution in [-0.4, -0.2) is 30.7 Å². The highest BCUT2D eigenvalue weighted by Gasteiger charge is 2.37. The zero-order chi connectivity index (χ0) is 14.4. The minimum Gasteiger partial charge on any atom is -0.477 e. The molecule has 0 fully saturated rings. The van der Waals surface area contributed by atoms with Crippen molar-refractivity contribution < 1.29 is 23.1 Å². The standard InChI is InChI=1S/C10H9F3N4O2/c1-4(2)5-3-6(7(18)19)17-9(14-5)15-8(16-17)10(11,12)13/h3-4H,1-2H3,(H,18,19). The number of aromatic nitrogens is 4. The van der Waals surface area contributed by atoms with Crippen molar-refractivity contribution >= 4 is 11.7 Å². The molecule has 2 aromatic rings. The molecule has 6 nitrogen and oxygen atoms in total. The van der Waals surface area contributed by atoms with Crippen LogP contribution in [0.5, 0.6) is 0 Å². The summed E-state index contributed by atoms with van der Waals surface area (Å²) < 4.78 is 38.1. The molecule has 0 saturated heterocycles. The molecule has 0 aromatic carbocycles. The lowest BCUT2D eigenvalue weighted by Crippen LogP contribution is -2.11. The molecular weight excluding hydrogens is 265 g/mol. The number of carbonyl (C=O) groups is 1. The highest BCUT2D eigenvalue weighted by atomic mass is 19.4. The lowest BCUT2D eigenvalue weighted by molar-refractivity contribution is -0.144. The summed E-state index contributed by atoms with van der Waals surface area (Å²) in [6.45, 7) is 3.48. The molecule has 0 saturated carbocycles. The van der Waals surface area contributed by atoms with Crippen molar-refractivity contribution in [2.24, 2.45) is 0 Å². The first-order valence-electron chi connectivity index (χ1n) is 5.28. The fourth-order valence-corrected chi connectivity index (χ4v) is 1.45. The molecule has 0 aliphatic rings. The van der Waals surface area contributed by atoms with Crippen LogP contribution in [0, 0.1) is 0 Å². The summed E-state index contributed by atoms with van der Waals surface area (Å²) in [5, 5.41) is 12.1. The van der Waals surface area contributed by atoms with Gasteiger partial charge in [0, 0.05) is 5.69 Å². The van der Waals surface area contributed by atoms with E-state index in [9.17, 15) is 18.0 Å². The topological polar surface area (TPSA) is 80.4 Å². The lowest BCUT2D eigenvalue weighted by atomic mass is 10.1. The Balaban J connectivity index is 2.75. The summed E-state index contributed by atoms with van der Waals surface area (Å²) in [5.41, 5.74) is -0.0669. The van der Waals surface area contributed by atoms with Gasteiger partial charge in [-0.3, -0.25) is 0 Å². The van der Waals surface area contributed by atoms with Crippen molar-refractivity contribution in [1.82, 2.24) is 19.6 Å². The first-order valence-corrected chi connectivity index (χ1v) is 5.28. The number of carboxylic acid groups (broad SMARTS) is 1. The van der Waals surface area contributed by atoms with E-state index in [-0.39, 0.29) is 11.7 Å². The van der Waals surface area contributed by atoms with Gasteiger partial charge in [0.2, 0.25) is 0 Å². The zero-order valence-corrected chi connectivity index (χ0v) is 9.93. The summed E-state index contributed by atoms with van der Waals surface area (Å²) in [6.07, 6.45) is -4.75. The highest BCUT2D eigenvalue weighted by molar-refractivity contribution is 5.86. The molecule has 0 spiro atoms.